The third-order valence-corrected chi connectivity index (χ3v) is 2.39. The van der Waals surface area contributed by atoms with E-state index in [1.54, 1.807) is 0 Å². The number of nitrogens with two attached hydrogens (primary N) is 1. The number of amides is 2. The zero-order chi connectivity index (χ0) is 12.8. The summed E-state index contributed by atoms with van der Waals surface area (Å²) in [5.74, 6) is 0. The number of carbonyl (C=O) groups excluding carboxylic acids is 1. The molecule has 92 valence electrons. The highest BCUT2D eigenvalue weighted by atomic mass is 16.2. The summed E-state index contributed by atoms with van der Waals surface area (Å²) in [6.07, 6.45) is 0. The Hall–Kier alpha value is -1.81. The summed E-state index contributed by atoms with van der Waals surface area (Å²) in [5, 5.41) is 5.87. The van der Waals surface area contributed by atoms with Crippen molar-refractivity contribution in [1.29, 1.82) is 0 Å². The first-order valence-electron chi connectivity index (χ1n) is 5.53. The fourth-order valence-electron chi connectivity index (χ4n) is 1.44. The van der Waals surface area contributed by atoms with E-state index in [4.69, 9.17) is 5.73 Å². The highest BCUT2D eigenvalue weighted by Crippen LogP contribution is 2.15. The summed E-state index contributed by atoms with van der Waals surface area (Å²) in [5.41, 5.74) is 7.99. The third kappa shape index (κ3) is 4.70. The number of carbonyl (C=O) groups is 1. The van der Waals surface area contributed by atoms with Crippen molar-refractivity contribution in [3.63, 3.8) is 0 Å². The van der Waals surface area contributed by atoms with E-state index < -0.39 is 6.03 Å². The molecule has 1 atom stereocenters. The van der Waals surface area contributed by atoms with E-state index in [1.165, 1.54) is 0 Å². The number of primary amides is 1. The van der Waals surface area contributed by atoms with Crippen LogP contribution >= 0.6 is 0 Å². The molecule has 0 heterocycles. The van der Waals surface area contributed by atoms with Crippen molar-refractivity contribution in [1.82, 2.24) is 5.32 Å². The summed E-state index contributed by atoms with van der Waals surface area (Å²) in [6, 6.07) is 7.28. The molecular weight excluding hydrogens is 214 g/mol. The van der Waals surface area contributed by atoms with Crippen molar-refractivity contribution >= 4 is 11.7 Å². The van der Waals surface area contributed by atoms with Gasteiger partial charge in [-0.15, -0.1) is 0 Å². The number of anilines is 1. The van der Waals surface area contributed by atoms with Crippen LogP contribution in [0.1, 0.15) is 25.5 Å². The number of hydrogen-bond donors (Lipinski definition) is 3. The molecule has 0 aromatic heterocycles. The zero-order valence-corrected chi connectivity index (χ0v) is 10.3. The number of urea groups is 1. The maximum absolute atomic E-state index is 10.7. The molecule has 0 aliphatic heterocycles. The Kier molecular flexibility index (Phi) is 4.72. The first-order chi connectivity index (χ1) is 7.99. The lowest BCUT2D eigenvalue weighted by molar-refractivity contribution is 0.259. The Labute approximate surface area is 102 Å². The van der Waals surface area contributed by atoms with Gasteiger partial charge in [0.05, 0.1) is 0 Å². The summed E-state index contributed by atoms with van der Waals surface area (Å²) in [6.45, 7) is 8.71. The summed E-state index contributed by atoms with van der Waals surface area (Å²) >= 11 is 0. The molecule has 0 fully saturated rings. The van der Waals surface area contributed by atoms with Crippen LogP contribution in [0.15, 0.2) is 36.4 Å². The van der Waals surface area contributed by atoms with Crippen LogP contribution in [0.4, 0.5) is 10.5 Å². The van der Waals surface area contributed by atoms with Crippen molar-refractivity contribution in [2.24, 2.45) is 5.73 Å². The highest BCUT2D eigenvalue weighted by Gasteiger charge is 2.04. The molecule has 4 heteroatoms. The minimum atomic E-state index is -0.550. The fourth-order valence-corrected chi connectivity index (χ4v) is 1.44. The minimum Gasteiger partial charge on any atom is -0.351 e. The molecule has 0 aliphatic rings. The van der Waals surface area contributed by atoms with Crippen LogP contribution in [-0.4, -0.2) is 12.6 Å². The van der Waals surface area contributed by atoms with Gasteiger partial charge in [0.25, 0.3) is 0 Å². The topological polar surface area (TPSA) is 67.2 Å². The monoisotopic (exact) mass is 233 g/mol. The molecule has 0 saturated heterocycles. The second-order valence-corrected chi connectivity index (χ2v) is 4.17. The van der Waals surface area contributed by atoms with E-state index in [0.29, 0.717) is 5.69 Å². The number of benzene rings is 1. The van der Waals surface area contributed by atoms with Gasteiger partial charge in [-0.05, 0) is 31.5 Å². The van der Waals surface area contributed by atoms with Crippen LogP contribution < -0.4 is 16.4 Å². The Morgan fingerprint density at radius 3 is 2.47 bits per heavy atom. The first kappa shape index (κ1) is 13.3. The molecule has 0 aliphatic carbocycles. The molecule has 1 aromatic carbocycles. The van der Waals surface area contributed by atoms with E-state index in [0.717, 1.165) is 17.7 Å². The van der Waals surface area contributed by atoms with Gasteiger partial charge in [0, 0.05) is 18.3 Å². The average molecular weight is 233 g/mol. The molecular formula is C13H19N3O. The van der Waals surface area contributed by atoms with Crippen LogP contribution in [0, 0.1) is 0 Å². The lowest BCUT2D eigenvalue weighted by atomic mass is 10.1. The van der Waals surface area contributed by atoms with Gasteiger partial charge >= 0.3 is 6.03 Å². The molecule has 1 aromatic rings. The van der Waals surface area contributed by atoms with Gasteiger partial charge in [-0.1, -0.05) is 24.3 Å². The van der Waals surface area contributed by atoms with E-state index in [1.807, 2.05) is 31.2 Å². The van der Waals surface area contributed by atoms with Gasteiger partial charge in [0.15, 0.2) is 0 Å². The quantitative estimate of drug-likeness (QED) is 0.684. The van der Waals surface area contributed by atoms with Crippen molar-refractivity contribution < 1.29 is 4.79 Å². The Morgan fingerprint density at radius 1 is 1.41 bits per heavy atom. The second-order valence-electron chi connectivity index (χ2n) is 4.17. The summed E-state index contributed by atoms with van der Waals surface area (Å²) < 4.78 is 0. The van der Waals surface area contributed by atoms with Crippen LogP contribution in [0.3, 0.4) is 0 Å². The predicted molar refractivity (Wildman–Crippen MR) is 70.9 cm³/mol. The lowest BCUT2D eigenvalue weighted by Crippen LogP contribution is -2.21. The molecule has 2 amide bonds. The molecule has 0 bridgehead atoms. The van der Waals surface area contributed by atoms with E-state index in [2.05, 4.69) is 24.1 Å². The fraction of sp³-hybridized carbons (Fsp3) is 0.308. The van der Waals surface area contributed by atoms with Crippen molar-refractivity contribution in [3.8, 4) is 0 Å². The van der Waals surface area contributed by atoms with Gasteiger partial charge in [0.1, 0.15) is 0 Å². The van der Waals surface area contributed by atoms with Gasteiger partial charge in [-0.2, -0.15) is 0 Å². The Bertz CT molecular complexity index is 398. The van der Waals surface area contributed by atoms with Gasteiger partial charge in [-0.25, -0.2) is 4.79 Å². The average Bonchev–Trinajstić information content (AvgIpc) is 2.26. The molecule has 4 N–H and O–H groups in total. The molecule has 0 radical (unpaired) electrons. The standard InChI is InChI=1S/C13H19N3O/c1-9(2)8-15-10(3)11-4-6-12(7-5-11)16-13(14)17/h4-7,10,15H,1,8H2,2-3H3,(H3,14,16,17). The SMILES string of the molecule is C=C(C)CNC(C)c1ccc(NC(N)=O)cc1. The zero-order valence-electron chi connectivity index (χ0n) is 10.3. The molecule has 1 unspecified atom stereocenters. The second kappa shape index (κ2) is 6.06. The van der Waals surface area contributed by atoms with E-state index >= 15 is 0 Å². The third-order valence-electron chi connectivity index (χ3n) is 2.39. The minimum absolute atomic E-state index is 0.245. The molecule has 4 nitrogen and oxygen atoms in total. The maximum atomic E-state index is 10.7. The van der Waals surface area contributed by atoms with E-state index in [9.17, 15) is 4.79 Å². The number of nitrogens with one attached hydrogen (secondary N) is 2. The van der Waals surface area contributed by atoms with Crippen molar-refractivity contribution in [3.05, 3.63) is 42.0 Å². The van der Waals surface area contributed by atoms with E-state index in [-0.39, 0.29) is 6.04 Å². The maximum Gasteiger partial charge on any atom is 0.316 e. The van der Waals surface area contributed by atoms with Gasteiger partial charge < -0.3 is 16.4 Å². The molecule has 0 saturated carbocycles. The lowest BCUT2D eigenvalue weighted by Gasteiger charge is -2.14. The Morgan fingerprint density at radius 2 is 2.00 bits per heavy atom. The largest absolute Gasteiger partial charge is 0.351 e. The first-order valence-corrected chi connectivity index (χ1v) is 5.53. The van der Waals surface area contributed by atoms with Crippen LogP contribution in [0.5, 0.6) is 0 Å². The smallest absolute Gasteiger partial charge is 0.316 e. The number of rotatable bonds is 5. The van der Waals surface area contributed by atoms with Gasteiger partial charge in [0.2, 0.25) is 0 Å². The number of hydrogen-bond acceptors (Lipinski definition) is 2. The van der Waals surface area contributed by atoms with Crippen molar-refractivity contribution in [2.45, 2.75) is 19.9 Å². The summed E-state index contributed by atoms with van der Waals surface area (Å²) in [7, 11) is 0. The normalized spacial score (nSPS) is 11.9. The van der Waals surface area contributed by atoms with Crippen LogP contribution in [-0.2, 0) is 0 Å². The van der Waals surface area contributed by atoms with Crippen LogP contribution in [0.25, 0.3) is 0 Å². The Balaban J connectivity index is 2.60. The molecule has 1 rings (SSSR count). The highest BCUT2D eigenvalue weighted by molar-refractivity contribution is 5.87. The summed E-state index contributed by atoms with van der Waals surface area (Å²) in [4.78, 5) is 10.7. The van der Waals surface area contributed by atoms with Gasteiger partial charge in [-0.3, -0.25) is 0 Å². The van der Waals surface area contributed by atoms with Crippen molar-refractivity contribution in [2.75, 3.05) is 11.9 Å². The molecule has 17 heavy (non-hydrogen) atoms. The predicted octanol–water partition coefficient (Wildman–Crippen LogP) is 2.40. The molecule has 0 spiro atoms. The van der Waals surface area contributed by atoms with Crippen LogP contribution in [0.2, 0.25) is 0 Å².